The Morgan fingerprint density at radius 3 is 2.18 bits per heavy atom. The van der Waals surface area contributed by atoms with Gasteiger partial charge in [-0.3, -0.25) is 0 Å². The molecule has 3 aromatic rings. The molecule has 1 heterocycles. The van der Waals surface area contributed by atoms with Crippen molar-refractivity contribution in [3.8, 4) is 0 Å². The third-order valence-electron chi connectivity index (χ3n) is 3.64. The molecule has 0 aliphatic carbocycles. The molecule has 1 nitrogen and oxygen atoms in total. The SMILES string of the molecule is Clc1ccc(CNC(Cc2ccccc2)c2ccccc2)s1. The summed E-state index contributed by atoms with van der Waals surface area (Å²) in [5, 5.41) is 3.67. The predicted molar refractivity (Wildman–Crippen MR) is 95.5 cm³/mol. The fourth-order valence-corrected chi connectivity index (χ4v) is 3.55. The Hall–Kier alpha value is -1.61. The first-order chi connectivity index (χ1) is 10.8. The molecule has 3 rings (SSSR count). The average molecular weight is 328 g/mol. The van der Waals surface area contributed by atoms with E-state index < -0.39 is 0 Å². The molecule has 0 aliphatic rings. The molecule has 0 amide bonds. The van der Waals surface area contributed by atoms with E-state index in [1.165, 1.54) is 16.0 Å². The summed E-state index contributed by atoms with van der Waals surface area (Å²) in [7, 11) is 0. The van der Waals surface area contributed by atoms with E-state index >= 15 is 0 Å². The van der Waals surface area contributed by atoms with Crippen LogP contribution in [-0.2, 0) is 13.0 Å². The molecule has 1 unspecified atom stereocenters. The van der Waals surface area contributed by atoms with E-state index in [0.717, 1.165) is 17.3 Å². The van der Waals surface area contributed by atoms with Crippen molar-refractivity contribution < 1.29 is 0 Å². The van der Waals surface area contributed by atoms with Gasteiger partial charge in [-0.05, 0) is 29.7 Å². The Kier molecular flexibility index (Phi) is 5.28. The highest BCUT2D eigenvalue weighted by Gasteiger charge is 2.12. The van der Waals surface area contributed by atoms with Crippen molar-refractivity contribution in [2.45, 2.75) is 19.0 Å². The number of halogens is 1. The van der Waals surface area contributed by atoms with Gasteiger partial charge in [-0.1, -0.05) is 72.3 Å². The van der Waals surface area contributed by atoms with Gasteiger partial charge in [0, 0.05) is 17.5 Å². The van der Waals surface area contributed by atoms with Crippen LogP contribution in [0.25, 0.3) is 0 Å². The lowest BCUT2D eigenvalue weighted by Gasteiger charge is -2.19. The van der Waals surface area contributed by atoms with Crippen molar-refractivity contribution in [1.82, 2.24) is 5.32 Å². The van der Waals surface area contributed by atoms with Crippen molar-refractivity contribution >= 4 is 22.9 Å². The van der Waals surface area contributed by atoms with E-state index in [2.05, 4.69) is 72.0 Å². The highest BCUT2D eigenvalue weighted by Crippen LogP contribution is 2.23. The molecular weight excluding hydrogens is 310 g/mol. The van der Waals surface area contributed by atoms with Crippen molar-refractivity contribution in [1.29, 1.82) is 0 Å². The lowest BCUT2D eigenvalue weighted by Crippen LogP contribution is -2.22. The Labute approximate surface area is 140 Å². The fourth-order valence-electron chi connectivity index (χ4n) is 2.51. The maximum absolute atomic E-state index is 6.01. The molecule has 0 bridgehead atoms. The Balaban J connectivity index is 1.74. The minimum Gasteiger partial charge on any atom is -0.305 e. The van der Waals surface area contributed by atoms with Gasteiger partial charge in [0.2, 0.25) is 0 Å². The molecule has 22 heavy (non-hydrogen) atoms. The van der Waals surface area contributed by atoms with Gasteiger partial charge < -0.3 is 5.32 Å². The molecule has 3 heteroatoms. The molecule has 0 saturated heterocycles. The molecular formula is C19H18ClNS. The maximum atomic E-state index is 6.01. The van der Waals surface area contributed by atoms with Crippen molar-refractivity contribution in [3.05, 3.63) is 93.1 Å². The van der Waals surface area contributed by atoms with Gasteiger partial charge >= 0.3 is 0 Å². The van der Waals surface area contributed by atoms with Crippen LogP contribution < -0.4 is 5.32 Å². The number of hydrogen-bond acceptors (Lipinski definition) is 2. The summed E-state index contributed by atoms with van der Waals surface area (Å²) in [6, 6.07) is 25.6. The molecule has 2 aromatic carbocycles. The molecule has 112 valence electrons. The molecule has 0 radical (unpaired) electrons. The van der Waals surface area contributed by atoms with Crippen LogP contribution in [0.5, 0.6) is 0 Å². The number of benzene rings is 2. The first kappa shape index (κ1) is 15.3. The van der Waals surface area contributed by atoms with Crippen LogP contribution in [0.1, 0.15) is 22.0 Å². The van der Waals surface area contributed by atoms with Crippen molar-refractivity contribution in [2.24, 2.45) is 0 Å². The van der Waals surface area contributed by atoms with Crippen LogP contribution in [0.3, 0.4) is 0 Å². The third kappa shape index (κ3) is 4.20. The van der Waals surface area contributed by atoms with Gasteiger partial charge in [-0.15, -0.1) is 11.3 Å². The van der Waals surface area contributed by atoms with Gasteiger partial charge in [-0.25, -0.2) is 0 Å². The lowest BCUT2D eigenvalue weighted by molar-refractivity contribution is 0.533. The van der Waals surface area contributed by atoms with E-state index in [-0.39, 0.29) is 0 Å². The number of hydrogen-bond donors (Lipinski definition) is 1. The minimum absolute atomic E-state index is 0.296. The quantitative estimate of drug-likeness (QED) is 0.632. The van der Waals surface area contributed by atoms with E-state index in [9.17, 15) is 0 Å². The van der Waals surface area contributed by atoms with E-state index in [1.54, 1.807) is 11.3 Å². The summed E-state index contributed by atoms with van der Waals surface area (Å²) in [5.41, 5.74) is 2.65. The maximum Gasteiger partial charge on any atom is 0.0931 e. The highest BCUT2D eigenvalue weighted by molar-refractivity contribution is 7.16. The zero-order chi connectivity index (χ0) is 15.2. The minimum atomic E-state index is 0.296. The second kappa shape index (κ2) is 7.59. The van der Waals surface area contributed by atoms with E-state index in [1.807, 2.05) is 6.07 Å². The Morgan fingerprint density at radius 1 is 0.864 bits per heavy atom. The monoisotopic (exact) mass is 327 g/mol. The van der Waals surface area contributed by atoms with Crippen LogP contribution in [0, 0.1) is 0 Å². The molecule has 0 spiro atoms. The van der Waals surface area contributed by atoms with Crippen LogP contribution in [0.15, 0.2) is 72.8 Å². The first-order valence-electron chi connectivity index (χ1n) is 7.38. The summed E-state index contributed by atoms with van der Waals surface area (Å²) in [6.45, 7) is 0.837. The molecule has 0 saturated carbocycles. The lowest BCUT2D eigenvalue weighted by atomic mass is 9.99. The van der Waals surface area contributed by atoms with Gasteiger partial charge in [0.15, 0.2) is 0 Å². The van der Waals surface area contributed by atoms with Gasteiger partial charge in [0.25, 0.3) is 0 Å². The highest BCUT2D eigenvalue weighted by atomic mass is 35.5. The molecule has 1 atom stereocenters. The molecule has 1 aromatic heterocycles. The van der Waals surface area contributed by atoms with Crippen LogP contribution in [0.4, 0.5) is 0 Å². The second-order valence-corrected chi connectivity index (χ2v) is 7.04. The van der Waals surface area contributed by atoms with Crippen LogP contribution in [-0.4, -0.2) is 0 Å². The van der Waals surface area contributed by atoms with Gasteiger partial charge in [0.1, 0.15) is 0 Å². The van der Waals surface area contributed by atoms with E-state index in [0.29, 0.717) is 6.04 Å². The summed E-state index contributed by atoms with van der Waals surface area (Å²) < 4.78 is 0.844. The smallest absolute Gasteiger partial charge is 0.0931 e. The average Bonchev–Trinajstić information content (AvgIpc) is 2.99. The second-order valence-electron chi connectivity index (χ2n) is 5.24. The third-order valence-corrected chi connectivity index (χ3v) is 4.87. The molecule has 0 fully saturated rings. The largest absolute Gasteiger partial charge is 0.305 e. The van der Waals surface area contributed by atoms with Gasteiger partial charge in [-0.2, -0.15) is 0 Å². The summed E-state index contributed by atoms with van der Waals surface area (Å²) in [5.74, 6) is 0. The Morgan fingerprint density at radius 2 is 1.55 bits per heavy atom. The van der Waals surface area contributed by atoms with Crippen molar-refractivity contribution in [3.63, 3.8) is 0 Å². The fraction of sp³-hybridized carbons (Fsp3) is 0.158. The summed E-state index contributed by atoms with van der Waals surface area (Å²) in [6.07, 6.45) is 0.976. The Bertz CT molecular complexity index is 694. The number of rotatable bonds is 6. The number of thiophene rings is 1. The van der Waals surface area contributed by atoms with Crippen LogP contribution in [0.2, 0.25) is 4.34 Å². The standard InChI is InChI=1S/C19H18ClNS/c20-19-12-11-17(22-19)14-21-18(16-9-5-2-6-10-16)13-15-7-3-1-4-8-15/h1-12,18,21H,13-14H2. The zero-order valence-electron chi connectivity index (χ0n) is 12.2. The summed E-state index contributed by atoms with van der Waals surface area (Å²) in [4.78, 5) is 1.26. The van der Waals surface area contributed by atoms with Gasteiger partial charge in [0.05, 0.1) is 4.34 Å². The zero-order valence-corrected chi connectivity index (χ0v) is 13.8. The topological polar surface area (TPSA) is 12.0 Å². The summed E-state index contributed by atoms with van der Waals surface area (Å²) >= 11 is 7.65. The predicted octanol–water partition coefficient (Wildman–Crippen LogP) is 5.48. The normalized spacial score (nSPS) is 12.2. The number of nitrogens with one attached hydrogen (secondary N) is 1. The molecule has 1 N–H and O–H groups in total. The molecule has 0 aliphatic heterocycles. The van der Waals surface area contributed by atoms with E-state index in [4.69, 9.17) is 11.6 Å². The van der Waals surface area contributed by atoms with Crippen LogP contribution >= 0.6 is 22.9 Å². The van der Waals surface area contributed by atoms with Crippen molar-refractivity contribution in [2.75, 3.05) is 0 Å². The first-order valence-corrected chi connectivity index (χ1v) is 8.57.